The fourth-order valence-corrected chi connectivity index (χ4v) is 3.14. The van der Waals surface area contributed by atoms with Crippen molar-refractivity contribution in [2.24, 2.45) is 0 Å². The van der Waals surface area contributed by atoms with E-state index in [4.69, 9.17) is 14.2 Å². The van der Waals surface area contributed by atoms with Crippen LogP contribution in [0.15, 0.2) is 72.8 Å². The van der Waals surface area contributed by atoms with Crippen LogP contribution in [-0.2, 0) is 13.1 Å². The molecule has 148 valence electrons. The zero-order valence-electron chi connectivity index (χ0n) is 16.1. The van der Waals surface area contributed by atoms with Gasteiger partial charge in [-0.2, -0.15) is 0 Å². The van der Waals surface area contributed by atoms with Gasteiger partial charge in [0.15, 0.2) is 11.5 Å². The van der Waals surface area contributed by atoms with Gasteiger partial charge in [-0.3, -0.25) is 0 Å². The van der Waals surface area contributed by atoms with Gasteiger partial charge in [0.2, 0.25) is 6.79 Å². The molecule has 3 aromatic rings. The first-order chi connectivity index (χ1) is 14.2. The number of fused-ring (bicyclic) bond motifs is 1. The molecule has 0 atom stereocenters. The third kappa shape index (κ3) is 4.60. The van der Waals surface area contributed by atoms with E-state index in [0.717, 1.165) is 22.6 Å². The van der Waals surface area contributed by atoms with Crippen molar-refractivity contribution >= 4 is 11.7 Å². The predicted molar refractivity (Wildman–Crippen MR) is 110 cm³/mol. The second kappa shape index (κ2) is 8.56. The van der Waals surface area contributed by atoms with Crippen molar-refractivity contribution < 1.29 is 19.0 Å². The minimum Gasteiger partial charge on any atom is -0.497 e. The van der Waals surface area contributed by atoms with E-state index >= 15 is 0 Å². The number of anilines is 1. The molecule has 6 nitrogen and oxygen atoms in total. The van der Waals surface area contributed by atoms with E-state index in [9.17, 15) is 4.79 Å². The number of hydrogen-bond acceptors (Lipinski definition) is 4. The van der Waals surface area contributed by atoms with Crippen molar-refractivity contribution in [3.8, 4) is 17.2 Å². The Labute approximate surface area is 169 Å². The highest BCUT2D eigenvalue weighted by molar-refractivity contribution is 5.89. The maximum absolute atomic E-state index is 13.0. The molecule has 4 rings (SSSR count). The van der Waals surface area contributed by atoms with E-state index in [1.54, 1.807) is 12.0 Å². The number of urea groups is 1. The fourth-order valence-electron chi connectivity index (χ4n) is 3.14. The lowest BCUT2D eigenvalue weighted by molar-refractivity contribution is 0.174. The number of nitrogens with zero attached hydrogens (tertiary/aromatic N) is 1. The van der Waals surface area contributed by atoms with Gasteiger partial charge in [0.05, 0.1) is 7.11 Å². The molecule has 0 aromatic heterocycles. The maximum atomic E-state index is 13.0. The Hall–Kier alpha value is -3.67. The van der Waals surface area contributed by atoms with Crippen LogP contribution in [0.1, 0.15) is 11.1 Å². The van der Waals surface area contributed by atoms with E-state index in [-0.39, 0.29) is 12.8 Å². The molecule has 1 aliphatic rings. The number of ether oxygens (including phenoxy) is 3. The molecule has 3 aromatic carbocycles. The van der Waals surface area contributed by atoms with E-state index in [0.29, 0.717) is 24.5 Å². The van der Waals surface area contributed by atoms with Gasteiger partial charge in [-0.05, 0) is 47.5 Å². The molecule has 0 bridgehead atoms. The standard InChI is InChI=1S/C23H22N2O4/c1-27-20-10-8-19(9-11-20)24-23(26)25(14-17-5-3-2-4-6-17)15-18-7-12-21-22(13-18)29-16-28-21/h2-13H,14-16H2,1H3,(H,24,26). The Kier molecular flexibility index (Phi) is 5.52. The summed E-state index contributed by atoms with van der Waals surface area (Å²) < 4.78 is 16.0. The van der Waals surface area contributed by atoms with Crippen LogP contribution in [0.4, 0.5) is 10.5 Å². The molecule has 29 heavy (non-hydrogen) atoms. The summed E-state index contributed by atoms with van der Waals surface area (Å²) in [7, 11) is 1.61. The zero-order chi connectivity index (χ0) is 20.1. The Morgan fingerprint density at radius 2 is 1.66 bits per heavy atom. The number of hydrogen-bond donors (Lipinski definition) is 1. The molecule has 0 unspecified atom stereocenters. The summed E-state index contributed by atoms with van der Waals surface area (Å²) >= 11 is 0. The van der Waals surface area contributed by atoms with Crippen LogP contribution < -0.4 is 19.5 Å². The second-order valence-electron chi connectivity index (χ2n) is 6.69. The van der Waals surface area contributed by atoms with Crippen molar-refractivity contribution in [3.63, 3.8) is 0 Å². The number of methoxy groups -OCH3 is 1. The first-order valence-corrected chi connectivity index (χ1v) is 9.34. The van der Waals surface area contributed by atoms with E-state index in [1.807, 2.05) is 72.8 Å². The number of nitrogens with one attached hydrogen (secondary N) is 1. The number of carbonyl (C=O) groups is 1. The van der Waals surface area contributed by atoms with Crippen LogP contribution in [0, 0.1) is 0 Å². The smallest absolute Gasteiger partial charge is 0.322 e. The topological polar surface area (TPSA) is 60.0 Å². The average molecular weight is 390 g/mol. The van der Waals surface area contributed by atoms with Gasteiger partial charge in [-0.25, -0.2) is 4.79 Å². The second-order valence-corrected chi connectivity index (χ2v) is 6.69. The van der Waals surface area contributed by atoms with Crippen LogP contribution in [0.2, 0.25) is 0 Å². The van der Waals surface area contributed by atoms with Gasteiger partial charge in [-0.15, -0.1) is 0 Å². The monoisotopic (exact) mass is 390 g/mol. The normalized spacial score (nSPS) is 11.8. The summed E-state index contributed by atoms with van der Waals surface area (Å²) in [6, 6.07) is 22.7. The molecular weight excluding hydrogens is 368 g/mol. The van der Waals surface area contributed by atoms with Gasteiger partial charge in [-0.1, -0.05) is 36.4 Å². The van der Waals surface area contributed by atoms with Gasteiger partial charge < -0.3 is 24.4 Å². The van der Waals surface area contributed by atoms with E-state index in [1.165, 1.54) is 0 Å². The van der Waals surface area contributed by atoms with Crippen molar-refractivity contribution in [2.45, 2.75) is 13.1 Å². The zero-order valence-corrected chi connectivity index (χ0v) is 16.1. The summed E-state index contributed by atoms with van der Waals surface area (Å²) in [4.78, 5) is 14.8. The average Bonchev–Trinajstić information content (AvgIpc) is 3.22. The molecular formula is C23H22N2O4. The lowest BCUT2D eigenvalue weighted by Gasteiger charge is -2.24. The summed E-state index contributed by atoms with van der Waals surface area (Å²) in [6.45, 7) is 1.15. The van der Waals surface area contributed by atoms with Crippen LogP contribution in [0.5, 0.6) is 17.2 Å². The number of amides is 2. The number of benzene rings is 3. The van der Waals surface area contributed by atoms with Gasteiger partial charge in [0.25, 0.3) is 0 Å². The highest BCUT2D eigenvalue weighted by Gasteiger charge is 2.18. The van der Waals surface area contributed by atoms with E-state index in [2.05, 4.69) is 5.32 Å². The molecule has 0 fully saturated rings. The lowest BCUT2D eigenvalue weighted by atomic mass is 10.1. The van der Waals surface area contributed by atoms with Crippen molar-refractivity contribution in [1.82, 2.24) is 4.90 Å². The Balaban J connectivity index is 1.52. The van der Waals surface area contributed by atoms with Gasteiger partial charge in [0.1, 0.15) is 5.75 Å². The SMILES string of the molecule is COc1ccc(NC(=O)N(Cc2ccccc2)Cc2ccc3c(c2)OCO3)cc1. The molecule has 1 heterocycles. The van der Waals surface area contributed by atoms with Crippen molar-refractivity contribution in [1.29, 1.82) is 0 Å². The Morgan fingerprint density at radius 3 is 2.41 bits per heavy atom. The highest BCUT2D eigenvalue weighted by atomic mass is 16.7. The summed E-state index contributed by atoms with van der Waals surface area (Å²) in [5.74, 6) is 2.17. The molecule has 1 N–H and O–H groups in total. The van der Waals surface area contributed by atoms with Crippen LogP contribution >= 0.6 is 0 Å². The van der Waals surface area contributed by atoms with E-state index < -0.39 is 0 Å². The first-order valence-electron chi connectivity index (χ1n) is 9.34. The molecule has 0 saturated carbocycles. The molecule has 0 saturated heterocycles. The molecule has 2 amide bonds. The lowest BCUT2D eigenvalue weighted by Crippen LogP contribution is -2.34. The third-order valence-corrected chi connectivity index (χ3v) is 4.66. The van der Waals surface area contributed by atoms with Crippen LogP contribution in [0.25, 0.3) is 0 Å². The quantitative estimate of drug-likeness (QED) is 0.665. The highest BCUT2D eigenvalue weighted by Crippen LogP contribution is 2.33. The maximum Gasteiger partial charge on any atom is 0.322 e. The third-order valence-electron chi connectivity index (χ3n) is 4.66. The fraction of sp³-hybridized carbons (Fsp3) is 0.174. The Bertz CT molecular complexity index is 974. The molecule has 6 heteroatoms. The van der Waals surface area contributed by atoms with Crippen LogP contribution in [-0.4, -0.2) is 24.8 Å². The predicted octanol–water partition coefficient (Wildman–Crippen LogP) is 4.66. The minimum absolute atomic E-state index is 0.184. The van der Waals surface area contributed by atoms with Crippen LogP contribution in [0.3, 0.4) is 0 Å². The number of carbonyl (C=O) groups excluding carboxylic acids is 1. The Morgan fingerprint density at radius 1 is 0.931 bits per heavy atom. The summed E-state index contributed by atoms with van der Waals surface area (Å²) in [5, 5.41) is 2.96. The molecule has 0 spiro atoms. The van der Waals surface area contributed by atoms with Gasteiger partial charge in [0, 0.05) is 18.8 Å². The van der Waals surface area contributed by atoms with Gasteiger partial charge >= 0.3 is 6.03 Å². The first kappa shape index (κ1) is 18.7. The molecule has 0 radical (unpaired) electrons. The molecule has 1 aliphatic heterocycles. The van der Waals surface area contributed by atoms with Crippen molar-refractivity contribution in [2.75, 3.05) is 19.2 Å². The summed E-state index contributed by atoms with van der Waals surface area (Å²) in [6.07, 6.45) is 0. The number of rotatable bonds is 6. The minimum atomic E-state index is -0.184. The summed E-state index contributed by atoms with van der Waals surface area (Å²) in [5.41, 5.74) is 2.73. The molecule has 0 aliphatic carbocycles. The largest absolute Gasteiger partial charge is 0.497 e. The van der Waals surface area contributed by atoms with Crippen molar-refractivity contribution in [3.05, 3.63) is 83.9 Å².